The third-order valence-electron chi connectivity index (χ3n) is 3.30. The zero-order valence-corrected chi connectivity index (χ0v) is 10.4. The molecule has 0 atom stereocenters. The average molecular weight is 252 g/mol. The number of amides is 1. The summed E-state index contributed by atoms with van der Waals surface area (Å²) < 4.78 is 18.0. The SMILES string of the molecule is COC1CCC(NC(=O)c2ccc(F)cn2)CC1. The van der Waals surface area contributed by atoms with Gasteiger partial charge < -0.3 is 10.1 Å². The quantitative estimate of drug-likeness (QED) is 0.894. The van der Waals surface area contributed by atoms with Gasteiger partial charge in [-0.2, -0.15) is 0 Å². The summed E-state index contributed by atoms with van der Waals surface area (Å²) in [4.78, 5) is 15.6. The van der Waals surface area contributed by atoms with Crippen LogP contribution >= 0.6 is 0 Å². The molecule has 4 nitrogen and oxygen atoms in total. The minimum atomic E-state index is -0.438. The smallest absolute Gasteiger partial charge is 0.270 e. The Bertz CT molecular complexity index is 400. The average Bonchev–Trinajstić information content (AvgIpc) is 2.40. The summed E-state index contributed by atoms with van der Waals surface area (Å²) in [6.07, 6.45) is 5.09. The van der Waals surface area contributed by atoms with E-state index in [0.29, 0.717) is 6.10 Å². The first kappa shape index (κ1) is 13.0. The predicted molar refractivity (Wildman–Crippen MR) is 64.7 cm³/mol. The molecule has 1 aromatic rings. The highest BCUT2D eigenvalue weighted by atomic mass is 19.1. The maximum Gasteiger partial charge on any atom is 0.270 e. The Balaban J connectivity index is 1.86. The maximum absolute atomic E-state index is 12.7. The van der Waals surface area contributed by atoms with E-state index >= 15 is 0 Å². The Kier molecular flexibility index (Phi) is 4.25. The van der Waals surface area contributed by atoms with Crippen LogP contribution in [0.5, 0.6) is 0 Å². The van der Waals surface area contributed by atoms with Crippen LogP contribution in [0.4, 0.5) is 4.39 Å². The van der Waals surface area contributed by atoms with Crippen LogP contribution in [-0.4, -0.2) is 30.1 Å². The van der Waals surface area contributed by atoms with Gasteiger partial charge >= 0.3 is 0 Å². The Morgan fingerprint density at radius 1 is 1.39 bits per heavy atom. The highest BCUT2D eigenvalue weighted by molar-refractivity contribution is 5.92. The lowest BCUT2D eigenvalue weighted by atomic mass is 9.93. The minimum Gasteiger partial charge on any atom is -0.381 e. The molecule has 1 heterocycles. The van der Waals surface area contributed by atoms with Crippen LogP contribution in [-0.2, 0) is 4.74 Å². The molecule has 0 unspecified atom stereocenters. The molecular weight excluding hydrogens is 235 g/mol. The molecule has 1 saturated carbocycles. The molecule has 1 aliphatic carbocycles. The molecule has 1 amide bonds. The van der Waals surface area contributed by atoms with Gasteiger partial charge in [0, 0.05) is 13.2 Å². The molecule has 1 aliphatic rings. The van der Waals surface area contributed by atoms with Crippen molar-refractivity contribution >= 4 is 5.91 Å². The Morgan fingerprint density at radius 3 is 2.67 bits per heavy atom. The van der Waals surface area contributed by atoms with Gasteiger partial charge in [-0.1, -0.05) is 0 Å². The topological polar surface area (TPSA) is 51.2 Å². The highest BCUT2D eigenvalue weighted by Gasteiger charge is 2.22. The molecule has 2 rings (SSSR count). The lowest BCUT2D eigenvalue weighted by Crippen LogP contribution is -2.39. The van der Waals surface area contributed by atoms with Crippen molar-refractivity contribution in [2.24, 2.45) is 0 Å². The second-order valence-electron chi connectivity index (χ2n) is 4.54. The number of aromatic nitrogens is 1. The van der Waals surface area contributed by atoms with Crippen LogP contribution in [0.1, 0.15) is 36.2 Å². The molecule has 0 aliphatic heterocycles. The molecule has 1 N–H and O–H groups in total. The third-order valence-corrected chi connectivity index (χ3v) is 3.30. The largest absolute Gasteiger partial charge is 0.381 e. The molecule has 1 aromatic heterocycles. The normalized spacial score (nSPS) is 23.7. The molecule has 0 bridgehead atoms. The standard InChI is InChI=1S/C13H17FN2O2/c1-18-11-5-3-10(4-6-11)16-13(17)12-7-2-9(14)8-15-12/h2,7-8,10-11H,3-6H2,1H3,(H,16,17). The lowest BCUT2D eigenvalue weighted by molar-refractivity contribution is 0.0598. The number of carbonyl (C=O) groups is 1. The van der Waals surface area contributed by atoms with Crippen LogP contribution in [0, 0.1) is 5.82 Å². The van der Waals surface area contributed by atoms with E-state index in [2.05, 4.69) is 10.3 Å². The molecule has 0 radical (unpaired) electrons. The van der Waals surface area contributed by atoms with Gasteiger partial charge in [-0.05, 0) is 37.8 Å². The number of rotatable bonds is 3. The van der Waals surface area contributed by atoms with Crippen molar-refractivity contribution in [3.63, 3.8) is 0 Å². The lowest BCUT2D eigenvalue weighted by Gasteiger charge is -2.28. The van der Waals surface area contributed by atoms with Crippen molar-refractivity contribution in [3.8, 4) is 0 Å². The molecule has 5 heteroatoms. The summed E-state index contributed by atoms with van der Waals surface area (Å²) >= 11 is 0. The molecule has 18 heavy (non-hydrogen) atoms. The third kappa shape index (κ3) is 3.26. The summed E-state index contributed by atoms with van der Waals surface area (Å²) in [5.74, 6) is -0.678. The van der Waals surface area contributed by atoms with E-state index < -0.39 is 5.82 Å². The first-order chi connectivity index (χ1) is 8.69. The Morgan fingerprint density at radius 2 is 2.11 bits per heavy atom. The van der Waals surface area contributed by atoms with Gasteiger partial charge in [-0.3, -0.25) is 4.79 Å². The Hall–Kier alpha value is -1.49. The monoisotopic (exact) mass is 252 g/mol. The van der Waals surface area contributed by atoms with E-state index in [9.17, 15) is 9.18 Å². The Labute approximate surface area is 106 Å². The van der Waals surface area contributed by atoms with E-state index in [1.165, 1.54) is 12.1 Å². The van der Waals surface area contributed by atoms with E-state index in [-0.39, 0.29) is 17.6 Å². The second kappa shape index (κ2) is 5.91. The van der Waals surface area contributed by atoms with E-state index in [1.54, 1.807) is 7.11 Å². The summed E-state index contributed by atoms with van der Waals surface area (Å²) in [5.41, 5.74) is 0.255. The number of methoxy groups -OCH3 is 1. The molecule has 0 spiro atoms. The van der Waals surface area contributed by atoms with Gasteiger partial charge in [-0.15, -0.1) is 0 Å². The fourth-order valence-electron chi connectivity index (χ4n) is 2.21. The number of hydrogen-bond donors (Lipinski definition) is 1. The molecule has 0 saturated heterocycles. The summed E-state index contributed by atoms with van der Waals surface area (Å²) in [6, 6.07) is 2.80. The zero-order chi connectivity index (χ0) is 13.0. The number of nitrogens with one attached hydrogen (secondary N) is 1. The van der Waals surface area contributed by atoms with Gasteiger partial charge in [0.25, 0.3) is 5.91 Å². The molecular formula is C13H17FN2O2. The van der Waals surface area contributed by atoms with Crippen molar-refractivity contribution < 1.29 is 13.9 Å². The number of nitrogens with zero attached hydrogens (tertiary/aromatic N) is 1. The summed E-state index contributed by atoms with van der Waals surface area (Å²) in [6.45, 7) is 0. The molecule has 1 fully saturated rings. The van der Waals surface area contributed by atoms with Crippen molar-refractivity contribution in [2.45, 2.75) is 37.8 Å². The zero-order valence-electron chi connectivity index (χ0n) is 10.4. The van der Waals surface area contributed by atoms with Gasteiger partial charge in [0.1, 0.15) is 11.5 Å². The predicted octanol–water partition coefficient (Wildman–Crippen LogP) is 1.91. The highest BCUT2D eigenvalue weighted by Crippen LogP contribution is 2.20. The van der Waals surface area contributed by atoms with Gasteiger partial charge in [0.05, 0.1) is 12.3 Å². The van der Waals surface area contributed by atoms with Crippen LogP contribution in [0.25, 0.3) is 0 Å². The maximum atomic E-state index is 12.7. The van der Waals surface area contributed by atoms with Gasteiger partial charge in [0.15, 0.2) is 0 Å². The fourth-order valence-corrected chi connectivity index (χ4v) is 2.21. The molecule has 98 valence electrons. The van der Waals surface area contributed by atoms with Crippen molar-refractivity contribution in [1.29, 1.82) is 0 Å². The number of carbonyl (C=O) groups excluding carboxylic acids is 1. The summed E-state index contributed by atoms with van der Waals surface area (Å²) in [5, 5.41) is 2.92. The second-order valence-corrected chi connectivity index (χ2v) is 4.54. The fraction of sp³-hybridized carbons (Fsp3) is 0.538. The van der Waals surface area contributed by atoms with Crippen molar-refractivity contribution in [2.75, 3.05) is 7.11 Å². The van der Waals surface area contributed by atoms with Crippen molar-refractivity contribution in [1.82, 2.24) is 10.3 Å². The van der Waals surface area contributed by atoms with E-state index in [0.717, 1.165) is 31.9 Å². The van der Waals surface area contributed by atoms with Crippen LogP contribution < -0.4 is 5.32 Å². The van der Waals surface area contributed by atoms with Crippen molar-refractivity contribution in [3.05, 3.63) is 29.8 Å². The number of ether oxygens (including phenoxy) is 1. The van der Waals surface area contributed by atoms with Crippen LogP contribution in [0.2, 0.25) is 0 Å². The van der Waals surface area contributed by atoms with E-state index in [4.69, 9.17) is 4.74 Å². The number of hydrogen-bond acceptors (Lipinski definition) is 3. The summed E-state index contributed by atoms with van der Waals surface area (Å²) in [7, 11) is 1.71. The van der Waals surface area contributed by atoms with Crippen LogP contribution in [0.15, 0.2) is 18.3 Å². The number of pyridine rings is 1. The first-order valence-corrected chi connectivity index (χ1v) is 6.14. The van der Waals surface area contributed by atoms with Gasteiger partial charge in [0.2, 0.25) is 0 Å². The van der Waals surface area contributed by atoms with Gasteiger partial charge in [-0.25, -0.2) is 9.37 Å². The van der Waals surface area contributed by atoms with E-state index in [1.807, 2.05) is 0 Å². The van der Waals surface area contributed by atoms with Crippen LogP contribution in [0.3, 0.4) is 0 Å². The number of halogens is 1. The first-order valence-electron chi connectivity index (χ1n) is 6.14. The molecule has 0 aromatic carbocycles. The minimum absolute atomic E-state index is 0.163.